The highest BCUT2D eigenvalue weighted by atomic mass is 28.4. The first kappa shape index (κ1) is 23.4. The van der Waals surface area contributed by atoms with Gasteiger partial charge >= 0.3 is 6.03 Å². The van der Waals surface area contributed by atoms with E-state index in [0.29, 0.717) is 19.4 Å². The van der Waals surface area contributed by atoms with E-state index in [1.807, 2.05) is 91.0 Å². The van der Waals surface area contributed by atoms with Crippen LogP contribution in [-0.4, -0.2) is 55.4 Å². The summed E-state index contributed by atoms with van der Waals surface area (Å²) in [4.78, 5) is 25.3. The van der Waals surface area contributed by atoms with E-state index in [1.165, 1.54) is 4.90 Å². The Morgan fingerprint density at radius 2 is 1.37 bits per heavy atom. The maximum absolute atomic E-state index is 12.3. The summed E-state index contributed by atoms with van der Waals surface area (Å²) in [7, 11) is -3.11. The third-order valence-electron chi connectivity index (χ3n) is 6.62. The minimum atomic E-state index is -3.11. The number of hydrogen-bond donors (Lipinski definition) is 2. The Balaban J connectivity index is 1.47. The maximum Gasteiger partial charge on any atom is 0.326 e. The van der Waals surface area contributed by atoms with Crippen molar-refractivity contribution in [3.63, 3.8) is 0 Å². The number of carbonyl (C=O) groups excluding carboxylic acids is 2. The quantitative estimate of drug-likeness (QED) is 0.299. The molecule has 35 heavy (non-hydrogen) atoms. The number of nitrogens with one attached hydrogen (secondary N) is 1. The number of hydrogen-bond acceptors (Lipinski definition) is 5. The van der Waals surface area contributed by atoms with Gasteiger partial charge in [-0.1, -0.05) is 91.0 Å². The normalized spacial score (nSPS) is 21.6. The van der Waals surface area contributed by atoms with E-state index in [1.54, 1.807) is 0 Å². The van der Waals surface area contributed by atoms with Crippen molar-refractivity contribution in [3.05, 3.63) is 91.0 Å². The number of benzene rings is 3. The van der Waals surface area contributed by atoms with E-state index < -0.39 is 33.0 Å². The van der Waals surface area contributed by atoms with Gasteiger partial charge < -0.3 is 14.3 Å². The molecule has 3 atom stereocenters. The molecule has 2 N–H and O–H groups in total. The molecule has 1 unspecified atom stereocenters. The highest BCUT2D eigenvalue weighted by molar-refractivity contribution is 7.07. The molecule has 0 aliphatic carbocycles. The molecule has 180 valence electrons. The van der Waals surface area contributed by atoms with Crippen LogP contribution in [0.25, 0.3) is 0 Å². The molecule has 0 saturated carbocycles. The van der Waals surface area contributed by atoms with Gasteiger partial charge in [-0.15, -0.1) is 0 Å². The van der Waals surface area contributed by atoms with Crippen molar-refractivity contribution in [2.24, 2.45) is 0 Å². The Hall–Kier alpha value is -3.30. The second-order valence-corrected chi connectivity index (χ2v) is 12.1. The Morgan fingerprint density at radius 3 is 1.86 bits per heavy atom. The largest absolute Gasteiger partial charge is 0.377 e. The fourth-order valence-corrected chi connectivity index (χ4v) is 8.82. The van der Waals surface area contributed by atoms with Crippen molar-refractivity contribution >= 4 is 35.8 Å². The van der Waals surface area contributed by atoms with Gasteiger partial charge in [0, 0.05) is 13.0 Å². The van der Waals surface area contributed by atoms with E-state index in [4.69, 9.17) is 9.16 Å². The zero-order chi connectivity index (χ0) is 24.3. The topological polar surface area (TPSA) is 88.1 Å². The number of urea groups is 1. The van der Waals surface area contributed by atoms with Crippen LogP contribution in [-0.2, 0) is 14.0 Å². The Labute approximate surface area is 205 Å². The van der Waals surface area contributed by atoms with Gasteiger partial charge in [0.25, 0.3) is 8.32 Å². The minimum Gasteiger partial charge on any atom is -0.377 e. The van der Waals surface area contributed by atoms with E-state index in [9.17, 15) is 14.7 Å². The van der Waals surface area contributed by atoms with Crippen LogP contribution in [0.15, 0.2) is 91.0 Å². The molecule has 7 nitrogen and oxygen atoms in total. The van der Waals surface area contributed by atoms with E-state index in [0.717, 1.165) is 15.6 Å². The van der Waals surface area contributed by atoms with Gasteiger partial charge in [-0.2, -0.15) is 0 Å². The number of rotatable bonds is 7. The van der Waals surface area contributed by atoms with Crippen molar-refractivity contribution < 1.29 is 23.9 Å². The van der Waals surface area contributed by atoms with Crippen molar-refractivity contribution in [2.75, 3.05) is 6.54 Å². The summed E-state index contributed by atoms with van der Waals surface area (Å²) in [6.07, 6.45) is -0.986. The molecule has 0 aromatic heterocycles. The second-order valence-electron chi connectivity index (χ2n) is 8.79. The molecule has 8 heteroatoms. The predicted octanol–water partition coefficient (Wildman–Crippen LogP) is 1.44. The SMILES string of the molecule is O=C1CCN([C@H]2CC[C@@H](C(O)O[Si](c3ccccc3)(c3ccccc3)c3ccccc3)O2)C(=O)N1. The van der Waals surface area contributed by atoms with Crippen molar-refractivity contribution in [1.82, 2.24) is 10.2 Å². The molecule has 5 rings (SSSR count). The second kappa shape index (κ2) is 10.1. The Morgan fingerprint density at radius 1 is 0.857 bits per heavy atom. The van der Waals surface area contributed by atoms with Gasteiger partial charge in [0.05, 0.1) is 0 Å². The number of imide groups is 1. The molecule has 2 heterocycles. The first-order valence-corrected chi connectivity index (χ1v) is 13.8. The summed E-state index contributed by atoms with van der Waals surface area (Å²) in [6.45, 7) is 0.301. The van der Waals surface area contributed by atoms with Crippen LogP contribution >= 0.6 is 0 Å². The highest BCUT2D eigenvalue weighted by Gasteiger charge is 2.47. The molecule has 3 aromatic rings. The lowest BCUT2D eigenvalue weighted by Gasteiger charge is -2.37. The number of aliphatic hydroxyl groups excluding tert-OH is 1. The summed E-state index contributed by atoms with van der Waals surface area (Å²) in [5.74, 6) is -0.284. The molecule has 2 fully saturated rings. The van der Waals surface area contributed by atoms with Crippen molar-refractivity contribution in [1.29, 1.82) is 0 Å². The van der Waals surface area contributed by atoms with Gasteiger partial charge in [-0.3, -0.25) is 15.0 Å². The molecular weight excluding hydrogens is 460 g/mol. The summed E-state index contributed by atoms with van der Waals surface area (Å²) in [6, 6.07) is 29.6. The first-order valence-electron chi connectivity index (χ1n) is 11.9. The molecule has 2 saturated heterocycles. The van der Waals surface area contributed by atoms with Crippen molar-refractivity contribution in [3.8, 4) is 0 Å². The van der Waals surface area contributed by atoms with Crippen LogP contribution in [0.5, 0.6) is 0 Å². The predicted molar refractivity (Wildman–Crippen MR) is 134 cm³/mol. The molecule has 2 aliphatic rings. The number of amides is 3. The zero-order valence-electron chi connectivity index (χ0n) is 19.2. The van der Waals surface area contributed by atoms with E-state index in [-0.39, 0.29) is 12.3 Å². The van der Waals surface area contributed by atoms with Crippen molar-refractivity contribution in [2.45, 2.75) is 37.9 Å². The minimum absolute atomic E-state index is 0.237. The summed E-state index contributed by atoms with van der Waals surface area (Å²) in [5, 5.41) is 16.8. The molecule has 0 bridgehead atoms. The molecule has 3 amide bonds. The lowest BCUT2D eigenvalue weighted by Crippen LogP contribution is -2.71. The van der Waals surface area contributed by atoms with Crippen LogP contribution < -0.4 is 20.9 Å². The van der Waals surface area contributed by atoms with Crippen LogP contribution in [0.2, 0.25) is 0 Å². The van der Waals surface area contributed by atoms with Crippen LogP contribution in [0.3, 0.4) is 0 Å². The van der Waals surface area contributed by atoms with Gasteiger partial charge in [-0.25, -0.2) is 4.79 Å². The van der Waals surface area contributed by atoms with Crippen LogP contribution in [0.1, 0.15) is 19.3 Å². The van der Waals surface area contributed by atoms with Gasteiger partial charge in [0.2, 0.25) is 5.91 Å². The monoisotopic (exact) mass is 488 g/mol. The summed E-state index contributed by atoms with van der Waals surface area (Å²) < 4.78 is 12.9. The zero-order valence-corrected chi connectivity index (χ0v) is 20.2. The average Bonchev–Trinajstić information content (AvgIpc) is 3.39. The summed E-state index contributed by atoms with van der Waals surface area (Å²) >= 11 is 0. The smallest absolute Gasteiger partial charge is 0.326 e. The van der Waals surface area contributed by atoms with E-state index in [2.05, 4.69) is 5.32 Å². The Bertz CT molecular complexity index is 1070. The average molecular weight is 489 g/mol. The van der Waals surface area contributed by atoms with Gasteiger partial charge in [-0.05, 0) is 28.4 Å². The standard InChI is InChI=1S/C27H28N2O5Si/c30-24-18-19-29(27(32)28-24)25-17-16-23(33-25)26(31)34-35(20-10-4-1-5-11-20,21-12-6-2-7-13-21)22-14-8-3-9-15-22/h1-15,23,25-26,31H,16-19H2,(H,28,30,32)/t23-,25+,26?/m0/s1. The molecule has 0 radical (unpaired) electrons. The lowest BCUT2D eigenvalue weighted by molar-refractivity contribution is -0.148. The number of carbonyl (C=O) groups is 2. The Kier molecular flexibility index (Phi) is 6.78. The molecule has 3 aromatic carbocycles. The maximum atomic E-state index is 12.3. The van der Waals surface area contributed by atoms with Crippen LogP contribution in [0, 0.1) is 0 Å². The highest BCUT2D eigenvalue weighted by Crippen LogP contribution is 2.28. The lowest BCUT2D eigenvalue weighted by atomic mass is 10.2. The third-order valence-corrected chi connectivity index (χ3v) is 10.7. The number of nitrogens with zero attached hydrogens (tertiary/aromatic N) is 1. The molecular formula is C27H28N2O5Si. The van der Waals surface area contributed by atoms with E-state index >= 15 is 0 Å². The fourth-order valence-electron chi connectivity index (χ4n) is 4.92. The first-order chi connectivity index (χ1) is 17.1. The number of ether oxygens (including phenoxy) is 1. The summed E-state index contributed by atoms with van der Waals surface area (Å²) in [5.41, 5.74) is 0. The van der Waals surface area contributed by atoms with Gasteiger partial charge in [0.1, 0.15) is 12.3 Å². The molecule has 0 spiro atoms. The van der Waals surface area contributed by atoms with Gasteiger partial charge in [0.15, 0.2) is 6.29 Å². The van der Waals surface area contributed by atoms with Crippen LogP contribution in [0.4, 0.5) is 4.79 Å². The molecule has 2 aliphatic heterocycles. The third kappa shape index (κ3) is 4.65. The number of aliphatic hydroxyl groups is 1. The fraction of sp³-hybridized carbons (Fsp3) is 0.259.